The maximum absolute atomic E-state index is 12.7. The van der Waals surface area contributed by atoms with Gasteiger partial charge in [-0.1, -0.05) is 0 Å². The quantitative estimate of drug-likeness (QED) is 0.845. The van der Waals surface area contributed by atoms with Crippen LogP contribution in [0.3, 0.4) is 0 Å². The SMILES string of the molecule is Cc1nc(-c2ccco2)ccc1C(=O)N(C)CC(=O)N1CCC(C(=O)O)CC1. The first-order chi connectivity index (χ1) is 13.4. The lowest BCUT2D eigenvalue weighted by Gasteiger charge is -2.31. The summed E-state index contributed by atoms with van der Waals surface area (Å²) >= 11 is 0. The molecule has 0 saturated carbocycles. The lowest BCUT2D eigenvalue weighted by Crippen LogP contribution is -2.45. The molecule has 0 bridgehead atoms. The maximum atomic E-state index is 12.7. The molecule has 8 heteroatoms. The number of pyridine rings is 1. The van der Waals surface area contributed by atoms with Gasteiger partial charge in [-0.15, -0.1) is 0 Å². The number of furan rings is 1. The number of carboxylic acid groups (broad SMARTS) is 1. The molecule has 0 aromatic carbocycles. The fourth-order valence-electron chi connectivity index (χ4n) is 3.30. The van der Waals surface area contributed by atoms with E-state index >= 15 is 0 Å². The van der Waals surface area contributed by atoms with E-state index < -0.39 is 11.9 Å². The standard InChI is InChI=1S/C20H23N3O5/c1-13-15(5-6-16(21-13)17-4-3-11-28-17)19(25)22(2)12-18(24)23-9-7-14(8-10-23)20(26)27/h3-6,11,14H,7-10,12H2,1-2H3,(H,26,27). The summed E-state index contributed by atoms with van der Waals surface area (Å²) in [5.74, 6) is -1.07. The Labute approximate surface area is 162 Å². The number of carbonyl (C=O) groups is 3. The van der Waals surface area contributed by atoms with Crippen LogP contribution in [0.25, 0.3) is 11.5 Å². The van der Waals surface area contributed by atoms with Gasteiger partial charge in [0.15, 0.2) is 5.76 Å². The van der Waals surface area contributed by atoms with Crippen LogP contribution in [-0.2, 0) is 9.59 Å². The Kier molecular flexibility index (Phi) is 5.77. The van der Waals surface area contributed by atoms with Gasteiger partial charge in [0, 0.05) is 20.1 Å². The van der Waals surface area contributed by atoms with Gasteiger partial charge in [-0.05, 0) is 44.0 Å². The third kappa shape index (κ3) is 4.21. The van der Waals surface area contributed by atoms with E-state index in [4.69, 9.17) is 9.52 Å². The van der Waals surface area contributed by atoms with Crippen LogP contribution in [0.4, 0.5) is 0 Å². The minimum absolute atomic E-state index is 0.0596. The van der Waals surface area contributed by atoms with E-state index in [2.05, 4.69) is 4.98 Å². The number of aromatic nitrogens is 1. The number of amides is 2. The van der Waals surface area contributed by atoms with E-state index in [1.165, 1.54) is 4.90 Å². The molecule has 3 heterocycles. The molecule has 0 aliphatic carbocycles. The zero-order valence-electron chi connectivity index (χ0n) is 15.9. The molecule has 1 N–H and O–H groups in total. The molecule has 1 saturated heterocycles. The zero-order chi connectivity index (χ0) is 20.3. The van der Waals surface area contributed by atoms with Gasteiger partial charge in [0.25, 0.3) is 5.91 Å². The van der Waals surface area contributed by atoms with Gasteiger partial charge in [-0.3, -0.25) is 14.4 Å². The Bertz CT molecular complexity index is 870. The van der Waals surface area contributed by atoms with Crippen molar-refractivity contribution in [1.29, 1.82) is 0 Å². The summed E-state index contributed by atoms with van der Waals surface area (Å²) in [7, 11) is 1.57. The molecule has 28 heavy (non-hydrogen) atoms. The zero-order valence-corrected chi connectivity index (χ0v) is 15.9. The summed E-state index contributed by atoms with van der Waals surface area (Å²) in [6.07, 6.45) is 2.44. The van der Waals surface area contributed by atoms with E-state index in [0.29, 0.717) is 48.6 Å². The van der Waals surface area contributed by atoms with Crippen LogP contribution in [-0.4, -0.2) is 64.4 Å². The fraction of sp³-hybridized carbons (Fsp3) is 0.400. The number of rotatable bonds is 5. The van der Waals surface area contributed by atoms with Crippen LogP contribution in [0.1, 0.15) is 28.9 Å². The molecule has 8 nitrogen and oxygen atoms in total. The van der Waals surface area contributed by atoms with Gasteiger partial charge in [-0.2, -0.15) is 0 Å². The van der Waals surface area contributed by atoms with Crippen LogP contribution in [0.2, 0.25) is 0 Å². The fourth-order valence-corrected chi connectivity index (χ4v) is 3.30. The molecule has 148 valence electrons. The smallest absolute Gasteiger partial charge is 0.306 e. The van der Waals surface area contributed by atoms with Gasteiger partial charge in [0.1, 0.15) is 5.69 Å². The van der Waals surface area contributed by atoms with E-state index in [0.717, 1.165) is 0 Å². The molecule has 0 radical (unpaired) electrons. The van der Waals surface area contributed by atoms with Crippen molar-refractivity contribution in [3.8, 4) is 11.5 Å². The Hall–Kier alpha value is -3.16. The summed E-state index contributed by atoms with van der Waals surface area (Å²) in [6.45, 7) is 2.48. The summed E-state index contributed by atoms with van der Waals surface area (Å²) in [6, 6.07) is 6.96. The molecule has 2 aromatic rings. The number of carbonyl (C=O) groups excluding carboxylic acids is 2. The molecular weight excluding hydrogens is 362 g/mol. The Morgan fingerprint density at radius 1 is 1.25 bits per heavy atom. The van der Waals surface area contributed by atoms with E-state index in [9.17, 15) is 14.4 Å². The predicted octanol–water partition coefficient (Wildman–Crippen LogP) is 2.05. The number of piperidine rings is 1. The molecule has 3 rings (SSSR count). The highest BCUT2D eigenvalue weighted by Gasteiger charge is 2.28. The van der Waals surface area contributed by atoms with Crippen LogP contribution >= 0.6 is 0 Å². The van der Waals surface area contributed by atoms with Gasteiger partial charge in [0.05, 0.1) is 30.0 Å². The second-order valence-corrected chi connectivity index (χ2v) is 6.96. The number of hydrogen-bond acceptors (Lipinski definition) is 5. The van der Waals surface area contributed by atoms with Crippen molar-refractivity contribution in [2.45, 2.75) is 19.8 Å². The Morgan fingerprint density at radius 3 is 2.54 bits per heavy atom. The third-order valence-electron chi connectivity index (χ3n) is 5.01. The summed E-state index contributed by atoms with van der Waals surface area (Å²) in [5.41, 5.74) is 1.62. The number of aliphatic carboxylic acids is 1. The number of likely N-dealkylation sites (N-methyl/N-ethyl adjacent to an activating group) is 1. The molecule has 0 spiro atoms. The molecule has 0 unspecified atom stereocenters. The Balaban J connectivity index is 1.61. The minimum Gasteiger partial charge on any atom is -0.481 e. The number of nitrogens with zero attached hydrogens (tertiary/aromatic N) is 3. The molecular formula is C20H23N3O5. The summed E-state index contributed by atoms with van der Waals surface area (Å²) in [4.78, 5) is 43.6. The normalized spacial score (nSPS) is 14.7. The number of likely N-dealkylation sites (tertiary alicyclic amines) is 1. The minimum atomic E-state index is -0.819. The van der Waals surface area contributed by atoms with Gasteiger partial charge in [-0.25, -0.2) is 4.98 Å². The molecule has 1 aliphatic heterocycles. The molecule has 2 amide bonds. The topological polar surface area (TPSA) is 104 Å². The molecule has 0 atom stereocenters. The highest BCUT2D eigenvalue weighted by atomic mass is 16.4. The van der Waals surface area contributed by atoms with Crippen molar-refractivity contribution >= 4 is 17.8 Å². The second kappa shape index (κ2) is 8.24. The predicted molar refractivity (Wildman–Crippen MR) is 101 cm³/mol. The lowest BCUT2D eigenvalue weighted by atomic mass is 9.97. The third-order valence-corrected chi connectivity index (χ3v) is 5.01. The van der Waals surface area contributed by atoms with Gasteiger partial charge < -0.3 is 19.3 Å². The van der Waals surface area contributed by atoms with Gasteiger partial charge in [0.2, 0.25) is 5.91 Å². The van der Waals surface area contributed by atoms with Crippen molar-refractivity contribution in [3.05, 3.63) is 41.8 Å². The Morgan fingerprint density at radius 2 is 1.96 bits per heavy atom. The first-order valence-electron chi connectivity index (χ1n) is 9.14. The first kappa shape index (κ1) is 19.6. The molecule has 1 aliphatic rings. The van der Waals surface area contributed by atoms with E-state index in [-0.39, 0.29) is 18.4 Å². The lowest BCUT2D eigenvalue weighted by molar-refractivity contribution is -0.145. The van der Waals surface area contributed by atoms with Crippen molar-refractivity contribution in [3.63, 3.8) is 0 Å². The largest absolute Gasteiger partial charge is 0.481 e. The molecule has 1 fully saturated rings. The van der Waals surface area contributed by atoms with Crippen LogP contribution in [0.5, 0.6) is 0 Å². The van der Waals surface area contributed by atoms with Crippen molar-refractivity contribution in [2.75, 3.05) is 26.7 Å². The summed E-state index contributed by atoms with van der Waals surface area (Å²) < 4.78 is 5.32. The van der Waals surface area contributed by atoms with E-state index in [1.807, 2.05) is 0 Å². The highest BCUT2D eigenvalue weighted by Crippen LogP contribution is 2.20. The first-order valence-corrected chi connectivity index (χ1v) is 9.14. The van der Waals surface area contributed by atoms with Gasteiger partial charge >= 0.3 is 5.97 Å². The number of carboxylic acids is 1. The van der Waals surface area contributed by atoms with Crippen molar-refractivity contribution in [1.82, 2.24) is 14.8 Å². The van der Waals surface area contributed by atoms with E-state index in [1.54, 1.807) is 49.4 Å². The monoisotopic (exact) mass is 385 g/mol. The average Bonchev–Trinajstić information content (AvgIpc) is 3.22. The highest BCUT2D eigenvalue weighted by molar-refractivity contribution is 5.97. The maximum Gasteiger partial charge on any atom is 0.306 e. The average molecular weight is 385 g/mol. The molecule has 2 aromatic heterocycles. The second-order valence-electron chi connectivity index (χ2n) is 6.96. The number of hydrogen-bond donors (Lipinski definition) is 1. The van der Waals surface area contributed by atoms with Crippen LogP contribution < -0.4 is 0 Å². The van der Waals surface area contributed by atoms with Crippen molar-refractivity contribution < 1.29 is 23.9 Å². The number of aryl methyl sites for hydroxylation is 1. The van der Waals surface area contributed by atoms with Crippen molar-refractivity contribution in [2.24, 2.45) is 5.92 Å². The van der Waals surface area contributed by atoms with Crippen LogP contribution in [0.15, 0.2) is 34.9 Å². The summed E-state index contributed by atoms with van der Waals surface area (Å²) in [5, 5.41) is 9.05. The van der Waals surface area contributed by atoms with Crippen LogP contribution in [0, 0.1) is 12.8 Å².